The molecular formula is C16H17N3O5. The second-order valence-corrected chi connectivity index (χ2v) is 5.32. The number of benzene rings is 1. The Labute approximate surface area is 138 Å². The number of ether oxygens (including phenoxy) is 1. The summed E-state index contributed by atoms with van der Waals surface area (Å²) in [4.78, 5) is 28.1. The van der Waals surface area contributed by atoms with Crippen molar-refractivity contribution in [2.45, 2.75) is 19.7 Å². The van der Waals surface area contributed by atoms with Crippen LogP contribution in [-0.4, -0.2) is 41.3 Å². The average molecular weight is 331 g/mol. The lowest BCUT2D eigenvalue weighted by Gasteiger charge is -2.32. The molecule has 1 saturated heterocycles. The van der Waals surface area contributed by atoms with Gasteiger partial charge in [-0.15, -0.1) is 0 Å². The maximum absolute atomic E-state index is 11.4. The third-order valence-corrected chi connectivity index (χ3v) is 3.59. The molecule has 8 heteroatoms. The summed E-state index contributed by atoms with van der Waals surface area (Å²) in [6.45, 7) is 2.37. The van der Waals surface area contributed by atoms with Gasteiger partial charge in [0, 0.05) is 18.2 Å². The molecule has 0 spiro atoms. The van der Waals surface area contributed by atoms with Gasteiger partial charge in [-0.1, -0.05) is 0 Å². The summed E-state index contributed by atoms with van der Waals surface area (Å²) in [5.74, 6) is 0.190. The minimum Gasteiger partial charge on any atom is -0.460 e. The van der Waals surface area contributed by atoms with E-state index in [2.05, 4.69) is 10.3 Å². The minimum atomic E-state index is -1.30. The van der Waals surface area contributed by atoms with Gasteiger partial charge in [0.25, 0.3) is 0 Å². The zero-order valence-electron chi connectivity index (χ0n) is 13.1. The molecule has 3 rings (SSSR count). The highest BCUT2D eigenvalue weighted by Crippen LogP contribution is 2.25. The number of aromatic nitrogens is 1. The minimum absolute atomic E-state index is 0.143. The molecule has 2 aromatic rings. The Hall–Kier alpha value is -2.87. The van der Waals surface area contributed by atoms with Crippen LogP contribution in [0.2, 0.25) is 0 Å². The largest absolute Gasteiger partial charge is 0.460 e. The number of aliphatic hydroxyl groups is 1. The third kappa shape index (κ3) is 3.38. The number of nitrogens with one attached hydrogen (secondary N) is 1. The van der Waals surface area contributed by atoms with Crippen LogP contribution in [0.5, 0.6) is 0 Å². The van der Waals surface area contributed by atoms with Gasteiger partial charge < -0.3 is 24.5 Å². The number of cyclic esters (lactones) is 1. The van der Waals surface area contributed by atoms with E-state index in [1.165, 1.54) is 6.92 Å². The molecule has 0 radical (unpaired) electrons. The van der Waals surface area contributed by atoms with Crippen molar-refractivity contribution in [3.63, 3.8) is 0 Å². The van der Waals surface area contributed by atoms with Gasteiger partial charge in [0.1, 0.15) is 12.4 Å². The molecule has 0 bridgehead atoms. The molecule has 1 fully saturated rings. The Morgan fingerprint density at radius 2 is 2.17 bits per heavy atom. The molecule has 0 unspecified atom stereocenters. The molecule has 2 N–H and O–H groups in total. The number of carbonyl (C=O) groups is 2. The van der Waals surface area contributed by atoms with Crippen molar-refractivity contribution in [1.82, 2.24) is 10.3 Å². The highest BCUT2D eigenvalue weighted by atomic mass is 16.6. The van der Waals surface area contributed by atoms with E-state index in [0.717, 1.165) is 5.56 Å². The Bertz CT molecular complexity index is 740. The molecule has 1 aliphatic rings. The van der Waals surface area contributed by atoms with E-state index in [9.17, 15) is 14.7 Å². The summed E-state index contributed by atoms with van der Waals surface area (Å²) in [5, 5.41) is 12.5. The van der Waals surface area contributed by atoms with E-state index in [-0.39, 0.29) is 19.1 Å². The van der Waals surface area contributed by atoms with Crippen molar-refractivity contribution in [1.29, 1.82) is 0 Å². The van der Waals surface area contributed by atoms with E-state index in [1.54, 1.807) is 35.4 Å². The molecule has 8 nitrogen and oxygen atoms in total. The lowest BCUT2D eigenvalue weighted by atomic mass is 10.2. The first-order valence-electron chi connectivity index (χ1n) is 7.45. The maximum atomic E-state index is 11.4. The van der Waals surface area contributed by atoms with Crippen LogP contribution in [0.3, 0.4) is 0 Å². The number of amides is 1. The fraction of sp³-hybridized carbons (Fsp3) is 0.312. The van der Waals surface area contributed by atoms with Gasteiger partial charge in [0.15, 0.2) is 0 Å². The van der Waals surface area contributed by atoms with Crippen LogP contribution in [0.25, 0.3) is 11.5 Å². The molecule has 1 atom stereocenters. The highest BCUT2D eigenvalue weighted by Gasteiger charge is 2.29. The van der Waals surface area contributed by atoms with Gasteiger partial charge in [-0.05, 0) is 24.3 Å². The summed E-state index contributed by atoms with van der Waals surface area (Å²) < 4.78 is 10.4. The lowest BCUT2D eigenvalue weighted by molar-refractivity contribution is -0.157. The summed E-state index contributed by atoms with van der Waals surface area (Å²) in [5.41, 5.74) is 1.45. The normalized spacial score (nSPS) is 17.5. The molecule has 24 heavy (non-hydrogen) atoms. The van der Waals surface area contributed by atoms with Gasteiger partial charge in [-0.3, -0.25) is 4.79 Å². The molecule has 2 heterocycles. The Kier molecular flexibility index (Phi) is 4.48. The summed E-state index contributed by atoms with van der Waals surface area (Å²) in [6, 6.07) is 7.12. The number of hydrogen-bond acceptors (Lipinski definition) is 7. The maximum Gasteiger partial charge on any atom is 0.356 e. The number of aliphatic hydroxyl groups excluding tert-OH is 1. The van der Waals surface area contributed by atoms with Crippen LogP contribution in [0.4, 0.5) is 5.69 Å². The quantitative estimate of drug-likeness (QED) is 0.793. The smallest absolute Gasteiger partial charge is 0.356 e. The van der Waals surface area contributed by atoms with Crippen LogP contribution in [0, 0.1) is 0 Å². The molecule has 1 amide bonds. The monoisotopic (exact) mass is 331 g/mol. The van der Waals surface area contributed by atoms with Gasteiger partial charge >= 0.3 is 5.97 Å². The number of rotatable bonds is 4. The van der Waals surface area contributed by atoms with Crippen molar-refractivity contribution in [3.05, 3.63) is 36.2 Å². The Morgan fingerprint density at radius 1 is 1.42 bits per heavy atom. The van der Waals surface area contributed by atoms with E-state index < -0.39 is 12.2 Å². The molecule has 0 saturated carbocycles. The summed E-state index contributed by atoms with van der Waals surface area (Å²) in [6.07, 6.45) is 0.263. The van der Waals surface area contributed by atoms with Crippen LogP contribution >= 0.6 is 0 Å². The number of morpholine rings is 1. The summed E-state index contributed by atoms with van der Waals surface area (Å²) >= 11 is 0. The lowest BCUT2D eigenvalue weighted by Crippen LogP contribution is -2.48. The van der Waals surface area contributed by atoms with Crippen LogP contribution in [0.1, 0.15) is 12.7 Å². The van der Waals surface area contributed by atoms with Gasteiger partial charge in [0.2, 0.25) is 18.0 Å². The standard InChI is InChI=1S/C16H17N3O5/c1-10(20)17-8-13-9-18-14(24-13)11-2-4-12(5-3-11)19-6-7-23-16(22)15(19)21/h2-5,9,15,21H,6-8H2,1H3,(H,17,20)/t15-/m0/s1. The van der Waals surface area contributed by atoms with E-state index in [4.69, 9.17) is 9.15 Å². The summed E-state index contributed by atoms with van der Waals surface area (Å²) in [7, 11) is 0. The molecule has 1 aromatic heterocycles. The second-order valence-electron chi connectivity index (χ2n) is 5.32. The van der Waals surface area contributed by atoms with Crippen molar-refractivity contribution in [3.8, 4) is 11.5 Å². The number of oxazole rings is 1. The van der Waals surface area contributed by atoms with E-state index in [1.807, 2.05) is 0 Å². The van der Waals surface area contributed by atoms with E-state index >= 15 is 0 Å². The first-order valence-corrected chi connectivity index (χ1v) is 7.45. The molecule has 1 aliphatic heterocycles. The first kappa shape index (κ1) is 16.0. The predicted molar refractivity (Wildman–Crippen MR) is 83.8 cm³/mol. The van der Waals surface area contributed by atoms with Crippen LogP contribution in [-0.2, 0) is 20.9 Å². The zero-order chi connectivity index (χ0) is 17.1. The second kappa shape index (κ2) is 6.71. The fourth-order valence-electron chi connectivity index (χ4n) is 2.37. The van der Waals surface area contributed by atoms with Crippen molar-refractivity contribution < 1.29 is 23.8 Å². The number of esters is 1. The van der Waals surface area contributed by atoms with Crippen molar-refractivity contribution in [2.24, 2.45) is 0 Å². The highest BCUT2D eigenvalue weighted by molar-refractivity contribution is 5.79. The number of hydrogen-bond donors (Lipinski definition) is 2. The molecule has 1 aromatic carbocycles. The first-order chi connectivity index (χ1) is 11.5. The van der Waals surface area contributed by atoms with Crippen molar-refractivity contribution >= 4 is 17.6 Å². The van der Waals surface area contributed by atoms with Crippen LogP contribution in [0.15, 0.2) is 34.9 Å². The van der Waals surface area contributed by atoms with Gasteiger partial charge in [-0.2, -0.15) is 0 Å². The van der Waals surface area contributed by atoms with E-state index in [0.29, 0.717) is 23.9 Å². The Morgan fingerprint density at radius 3 is 2.88 bits per heavy atom. The molecule has 0 aliphatic carbocycles. The third-order valence-electron chi connectivity index (χ3n) is 3.59. The van der Waals surface area contributed by atoms with Gasteiger partial charge in [0.05, 0.1) is 19.3 Å². The van der Waals surface area contributed by atoms with Gasteiger partial charge in [-0.25, -0.2) is 9.78 Å². The topological polar surface area (TPSA) is 105 Å². The van der Waals surface area contributed by atoms with Crippen molar-refractivity contribution in [2.75, 3.05) is 18.1 Å². The number of nitrogens with zero attached hydrogens (tertiary/aromatic N) is 2. The zero-order valence-corrected chi connectivity index (χ0v) is 13.1. The molecule has 126 valence electrons. The number of anilines is 1. The number of carbonyl (C=O) groups excluding carboxylic acids is 2. The average Bonchev–Trinajstić information content (AvgIpc) is 3.05. The predicted octanol–water partition coefficient (Wildman–Crippen LogP) is 0.659. The SMILES string of the molecule is CC(=O)NCc1cnc(-c2ccc(N3CCOC(=O)[C@@H]3O)cc2)o1. The Balaban J connectivity index is 1.72. The fourth-order valence-corrected chi connectivity index (χ4v) is 2.37. The molecular weight excluding hydrogens is 314 g/mol. The van der Waals surface area contributed by atoms with Crippen LogP contribution < -0.4 is 10.2 Å².